The molecule has 2 nitrogen and oxygen atoms in total. The average molecular weight is 278 g/mol. The number of hydrogen-bond donors (Lipinski definition) is 1. The number of rotatable bonds is 3. The van der Waals surface area contributed by atoms with E-state index in [2.05, 4.69) is 13.0 Å². The molecule has 0 unspecified atom stereocenters. The molecule has 0 fully saturated rings. The van der Waals surface area contributed by atoms with E-state index in [1.54, 1.807) is 7.11 Å². The zero-order valence-electron chi connectivity index (χ0n) is 12.3. The summed E-state index contributed by atoms with van der Waals surface area (Å²) in [4.78, 5) is 0. The second-order valence-corrected chi connectivity index (χ2v) is 5.07. The molecule has 3 aromatic rings. The van der Waals surface area contributed by atoms with E-state index in [-0.39, 0.29) is 0 Å². The zero-order chi connectivity index (χ0) is 14.8. The molecule has 0 radical (unpaired) electrons. The number of hydrogen-bond acceptors (Lipinski definition) is 2. The normalized spacial score (nSPS) is 10.8. The Bertz CT molecular complexity index is 776. The Balaban J connectivity index is 2.32. The van der Waals surface area contributed by atoms with Crippen molar-refractivity contribution in [2.45, 2.75) is 13.3 Å². The summed E-state index contributed by atoms with van der Waals surface area (Å²) < 4.78 is 5.27. The van der Waals surface area contributed by atoms with Crippen molar-refractivity contribution in [3.05, 3.63) is 60.2 Å². The highest BCUT2D eigenvalue weighted by atomic mass is 16.5. The van der Waals surface area contributed by atoms with E-state index in [4.69, 9.17) is 4.74 Å². The van der Waals surface area contributed by atoms with Crippen molar-refractivity contribution in [3.8, 4) is 22.6 Å². The van der Waals surface area contributed by atoms with Crippen LogP contribution in [-0.2, 0) is 6.42 Å². The molecule has 106 valence electrons. The van der Waals surface area contributed by atoms with Crippen LogP contribution in [0.5, 0.6) is 11.5 Å². The van der Waals surface area contributed by atoms with Gasteiger partial charge in [-0.15, -0.1) is 0 Å². The lowest BCUT2D eigenvalue weighted by atomic mass is 9.93. The quantitative estimate of drug-likeness (QED) is 0.747. The molecule has 3 aromatic carbocycles. The number of phenolic OH excluding ortho intramolecular Hbond substituents is 1. The number of methoxy groups -OCH3 is 1. The van der Waals surface area contributed by atoms with Gasteiger partial charge in [-0.1, -0.05) is 43.3 Å². The number of benzene rings is 3. The Morgan fingerprint density at radius 2 is 1.76 bits per heavy atom. The van der Waals surface area contributed by atoms with Crippen LogP contribution in [0, 0.1) is 0 Å². The fraction of sp³-hybridized carbons (Fsp3) is 0.158. The van der Waals surface area contributed by atoms with E-state index in [0.29, 0.717) is 5.75 Å². The predicted octanol–water partition coefficient (Wildman–Crippen LogP) is 4.78. The third kappa shape index (κ3) is 2.33. The monoisotopic (exact) mass is 278 g/mol. The largest absolute Gasteiger partial charge is 0.507 e. The summed E-state index contributed by atoms with van der Waals surface area (Å²) in [6.45, 7) is 2.10. The van der Waals surface area contributed by atoms with Gasteiger partial charge in [0.2, 0.25) is 0 Å². The summed E-state index contributed by atoms with van der Waals surface area (Å²) in [6, 6.07) is 17.9. The standard InChI is InChI=1S/C19H18O2/c1-3-13-11-15-12-16(21-2)9-10-17(15)19(20)18(13)14-7-5-4-6-8-14/h4-12,20H,3H2,1-2H3. The average Bonchev–Trinajstić information content (AvgIpc) is 2.54. The van der Waals surface area contributed by atoms with Gasteiger partial charge in [0.1, 0.15) is 11.5 Å². The van der Waals surface area contributed by atoms with Crippen LogP contribution >= 0.6 is 0 Å². The Labute approximate surface area is 124 Å². The highest BCUT2D eigenvalue weighted by molar-refractivity contribution is 5.97. The molecule has 2 heteroatoms. The zero-order valence-corrected chi connectivity index (χ0v) is 12.3. The molecular formula is C19H18O2. The highest BCUT2D eigenvalue weighted by Crippen LogP contribution is 2.40. The summed E-state index contributed by atoms with van der Waals surface area (Å²) in [6.07, 6.45) is 0.866. The van der Waals surface area contributed by atoms with Crippen LogP contribution in [-0.4, -0.2) is 12.2 Å². The Morgan fingerprint density at radius 1 is 1.00 bits per heavy atom. The Morgan fingerprint density at radius 3 is 2.43 bits per heavy atom. The Hall–Kier alpha value is -2.48. The van der Waals surface area contributed by atoms with Gasteiger partial charge in [0.15, 0.2) is 0 Å². The van der Waals surface area contributed by atoms with Crippen molar-refractivity contribution in [2.24, 2.45) is 0 Å². The van der Waals surface area contributed by atoms with E-state index in [0.717, 1.165) is 39.6 Å². The molecule has 0 saturated carbocycles. The van der Waals surface area contributed by atoms with Gasteiger partial charge in [-0.05, 0) is 41.1 Å². The van der Waals surface area contributed by atoms with E-state index in [1.807, 2.05) is 48.5 Å². The van der Waals surface area contributed by atoms with E-state index >= 15 is 0 Å². The fourth-order valence-corrected chi connectivity index (χ4v) is 2.76. The van der Waals surface area contributed by atoms with Crippen molar-refractivity contribution < 1.29 is 9.84 Å². The van der Waals surface area contributed by atoms with Gasteiger partial charge in [-0.3, -0.25) is 0 Å². The minimum absolute atomic E-state index is 0.346. The van der Waals surface area contributed by atoms with Gasteiger partial charge in [-0.2, -0.15) is 0 Å². The van der Waals surface area contributed by atoms with Crippen molar-refractivity contribution in [1.29, 1.82) is 0 Å². The predicted molar refractivity (Wildman–Crippen MR) is 87.0 cm³/mol. The van der Waals surface area contributed by atoms with Gasteiger partial charge in [0.25, 0.3) is 0 Å². The van der Waals surface area contributed by atoms with Crippen LogP contribution in [0.15, 0.2) is 54.6 Å². The van der Waals surface area contributed by atoms with Crippen LogP contribution in [0.25, 0.3) is 21.9 Å². The van der Waals surface area contributed by atoms with Crippen LogP contribution in [0.4, 0.5) is 0 Å². The molecule has 0 saturated heterocycles. The Kier molecular flexibility index (Phi) is 3.53. The lowest BCUT2D eigenvalue weighted by molar-refractivity contribution is 0.415. The summed E-state index contributed by atoms with van der Waals surface area (Å²) >= 11 is 0. The number of phenols is 1. The van der Waals surface area contributed by atoms with Crippen LogP contribution in [0.3, 0.4) is 0 Å². The topological polar surface area (TPSA) is 29.5 Å². The number of aromatic hydroxyl groups is 1. The molecule has 0 bridgehead atoms. The van der Waals surface area contributed by atoms with Gasteiger partial charge >= 0.3 is 0 Å². The van der Waals surface area contributed by atoms with Gasteiger partial charge in [0, 0.05) is 10.9 Å². The SMILES string of the molecule is CCc1cc2cc(OC)ccc2c(O)c1-c1ccccc1. The molecule has 3 rings (SSSR count). The number of ether oxygens (including phenoxy) is 1. The molecular weight excluding hydrogens is 260 g/mol. The minimum Gasteiger partial charge on any atom is -0.507 e. The lowest BCUT2D eigenvalue weighted by Crippen LogP contribution is -1.91. The lowest BCUT2D eigenvalue weighted by Gasteiger charge is -2.14. The molecule has 0 aliphatic carbocycles. The fourth-order valence-electron chi connectivity index (χ4n) is 2.76. The number of fused-ring (bicyclic) bond motifs is 1. The maximum Gasteiger partial charge on any atom is 0.131 e. The maximum atomic E-state index is 10.7. The highest BCUT2D eigenvalue weighted by Gasteiger charge is 2.14. The third-order valence-electron chi connectivity index (χ3n) is 3.84. The summed E-state index contributed by atoms with van der Waals surface area (Å²) in [5.41, 5.74) is 3.11. The van der Waals surface area contributed by atoms with Crippen molar-refractivity contribution in [2.75, 3.05) is 7.11 Å². The molecule has 0 aromatic heterocycles. The van der Waals surface area contributed by atoms with Gasteiger partial charge < -0.3 is 9.84 Å². The molecule has 0 aliphatic rings. The second-order valence-electron chi connectivity index (χ2n) is 5.07. The third-order valence-corrected chi connectivity index (χ3v) is 3.84. The van der Waals surface area contributed by atoms with Crippen molar-refractivity contribution in [1.82, 2.24) is 0 Å². The molecule has 0 amide bonds. The van der Waals surface area contributed by atoms with Gasteiger partial charge in [-0.25, -0.2) is 0 Å². The molecule has 0 atom stereocenters. The number of aryl methyl sites for hydroxylation is 1. The van der Waals surface area contributed by atoms with E-state index in [1.165, 1.54) is 0 Å². The first kappa shape index (κ1) is 13.5. The van der Waals surface area contributed by atoms with Crippen molar-refractivity contribution >= 4 is 10.8 Å². The first-order valence-corrected chi connectivity index (χ1v) is 7.12. The molecule has 1 N–H and O–H groups in total. The summed E-state index contributed by atoms with van der Waals surface area (Å²) in [5.74, 6) is 1.15. The maximum absolute atomic E-state index is 10.7. The molecule has 0 spiro atoms. The molecule has 21 heavy (non-hydrogen) atoms. The second kappa shape index (κ2) is 5.49. The van der Waals surface area contributed by atoms with E-state index < -0.39 is 0 Å². The van der Waals surface area contributed by atoms with Crippen molar-refractivity contribution in [3.63, 3.8) is 0 Å². The van der Waals surface area contributed by atoms with E-state index in [9.17, 15) is 5.11 Å². The first-order valence-electron chi connectivity index (χ1n) is 7.12. The first-order chi connectivity index (χ1) is 10.2. The molecule has 0 aliphatic heterocycles. The minimum atomic E-state index is 0.346. The van der Waals surface area contributed by atoms with Crippen LogP contribution < -0.4 is 4.74 Å². The smallest absolute Gasteiger partial charge is 0.131 e. The van der Waals surface area contributed by atoms with Crippen LogP contribution in [0.2, 0.25) is 0 Å². The van der Waals surface area contributed by atoms with Gasteiger partial charge in [0.05, 0.1) is 7.11 Å². The molecule has 0 heterocycles. The summed E-state index contributed by atoms with van der Waals surface area (Å²) in [5, 5.41) is 12.6. The van der Waals surface area contributed by atoms with Crippen LogP contribution in [0.1, 0.15) is 12.5 Å². The summed E-state index contributed by atoms with van der Waals surface area (Å²) in [7, 11) is 1.65.